The molecule has 3 heterocycles. The zero-order chi connectivity index (χ0) is 20.4. The number of rotatable bonds is 7. The van der Waals surface area contributed by atoms with Crippen LogP contribution in [-0.4, -0.2) is 19.6 Å². The summed E-state index contributed by atoms with van der Waals surface area (Å²) in [5.41, 5.74) is 3.95. The van der Waals surface area contributed by atoms with E-state index in [-0.39, 0.29) is 5.63 Å². The predicted molar refractivity (Wildman–Crippen MR) is 113 cm³/mol. The maximum absolute atomic E-state index is 12.1. The highest BCUT2D eigenvalue weighted by molar-refractivity contribution is 5.82. The third-order valence-corrected chi connectivity index (χ3v) is 6.23. The third-order valence-electron chi connectivity index (χ3n) is 6.23. The Morgan fingerprint density at radius 3 is 2.66 bits per heavy atom. The Balaban J connectivity index is 1.57. The van der Waals surface area contributed by atoms with E-state index in [0.29, 0.717) is 17.5 Å². The van der Waals surface area contributed by atoms with E-state index < -0.39 is 0 Å². The molecule has 1 saturated heterocycles. The van der Waals surface area contributed by atoms with E-state index in [0.717, 1.165) is 29.8 Å². The third kappa shape index (κ3) is 4.31. The first-order chi connectivity index (χ1) is 14.0. The number of aryl methyl sites for hydroxylation is 1. The van der Waals surface area contributed by atoms with Crippen LogP contribution in [0.1, 0.15) is 61.1 Å². The molecule has 0 saturated carbocycles. The molecular weight excluding hydrogens is 364 g/mol. The molecule has 0 radical (unpaired) electrons. The Labute approximate surface area is 171 Å². The number of nitrogens with one attached hydrogen (secondary N) is 1. The lowest BCUT2D eigenvalue weighted by atomic mass is 9.95. The van der Waals surface area contributed by atoms with Gasteiger partial charge in [0.1, 0.15) is 18.7 Å². The molecule has 0 aliphatic carbocycles. The first kappa shape index (κ1) is 19.9. The van der Waals surface area contributed by atoms with E-state index in [2.05, 4.69) is 38.2 Å². The zero-order valence-electron chi connectivity index (χ0n) is 17.7. The standard InChI is InChI=1S/C24H30N2O3/c1-16(2)19-13-20-18(12-24(27)29-23(20)11-17(19)3)14-25-15-21(22-7-6-10-28-22)26-8-4-5-9-26/h6-7,10-13,16,21,25H,4-5,8-9,14-15H2,1-3H3/p+2/t21-/m0/s1. The molecule has 5 nitrogen and oxygen atoms in total. The number of fused-ring (bicyclic) bond motifs is 1. The van der Waals surface area contributed by atoms with Gasteiger partial charge in [-0.25, -0.2) is 4.79 Å². The average molecular weight is 397 g/mol. The molecule has 1 aliphatic heterocycles. The number of quaternary nitrogens is 2. The fourth-order valence-corrected chi connectivity index (χ4v) is 4.74. The van der Waals surface area contributed by atoms with Crippen molar-refractivity contribution in [2.75, 3.05) is 19.6 Å². The van der Waals surface area contributed by atoms with E-state index in [4.69, 9.17) is 8.83 Å². The van der Waals surface area contributed by atoms with Crippen molar-refractivity contribution in [3.63, 3.8) is 0 Å². The lowest BCUT2D eigenvalue weighted by Crippen LogP contribution is -3.13. The van der Waals surface area contributed by atoms with Crippen LogP contribution in [0.2, 0.25) is 0 Å². The Morgan fingerprint density at radius 1 is 1.17 bits per heavy atom. The van der Waals surface area contributed by atoms with Crippen molar-refractivity contribution in [1.29, 1.82) is 0 Å². The SMILES string of the molecule is Cc1cc2oc(=O)cc(C[NH2+]C[C@@H](c3ccco3)[NH+]3CCCC3)c2cc1C(C)C. The molecule has 1 aromatic carbocycles. The molecule has 1 atom stereocenters. The van der Waals surface area contributed by atoms with Gasteiger partial charge >= 0.3 is 5.63 Å². The summed E-state index contributed by atoms with van der Waals surface area (Å²) in [4.78, 5) is 13.7. The van der Waals surface area contributed by atoms with Crippen LogP contribution in [0.4, 0.5) is 0 Å². The minimum Gasteiger partial charge on any atom is -0.463 e. The number of hydrogen-bond acceptors (Lipinski definition) is 3. The predicted octanol–water partition coefficient (Wildman–Crippen LogP) is 2.30. The van der Waals surface area contributed by atoms with Gasteiger partial charge in [0.2, 0.25) is 0 Å². The largest absolute Gasteiger partial charge is 0.463 e. The number of likely N-dealkylation sites (tertiary alicyclic amines) is 1. The van der Waals surface area contributed by atoms with Crippen LogP contribution in [0.15, 0.2) is 50.2 Å². The van der Waals surface area contributed by atoms with Gasteiger partial charge in [0.05, 0.1) is 19.4 Å². The van der Waals surface area contributed by atoms with Gasteiger partial charge in [-0.05, 0) is 48.2 Å². The fraction of sp³-hybridized carbons (Fsp3) is 0.458. The molecule has 29 heavy (non-hydrogen) atoms. The van der Waals surface area contributed by atoms with Crippen molar-refractivity contribution in [2.24, 2.45) is 0 Å². The van der Waals surface area contributed by atoms with Crippen LogP contribution < -0.4 is 15.8 Å². The second kappa shape index (κ2) is 8.56. The summed E-state index contributed by atoms with van der Waals surface area (Å²) < 4.78 is 11.2. The summed E-state index contributed by atoms with van der Waals surface area (Å²) in [5, 5.41) is 3.36. The summed E-state index contributed by atoms with van der Waals surface area (Å²) >= 11 is 0. The van der Waals surface area contributed by atoms with Crippen LogP contribution in [0.25, 0.3) is 11.0 Å². The molecule has 1 fully saturated rings. The van der Waals surface area contributed by atoms with E-state index in [1.165, 1.54) is 37.1 Å². The van der Waals surface area contributed by atoms with Crippen molar-refractivity contribution >= 4 is 11.0 Å². The molecule has 5 heteroatoms. The Hall–Kier alpha value is -2.37. The van der Waals surface area contributed by atoms with Gasteiger partial charge in [-0.2, -0.15) is 0 Å². The van der Waals surface area contributed by atoms with E-state index >= 15 is 0 Å². The Morgan fingerprint density at radius 2 is 1.97 bits per heavy atom. The summed E-state index contributed by atoms with van der Waals surface area (Å²) in [6, 6.07) is 10.3. The van der Waals surface area contributed by atoms with E-state index in [1.807, 2.05) is 12.1 Å². The molecule has 1 aliphatic rings. The lowest BCUT2D eigenvalue weighted by molar-refractivity contribution is -0.936. The van der Waals surface area contributed by atoms with Crippen LogP contribution in [-0.2, 0) is 6.54 Å². The smallest absolute Gasteiger partial charge is 0.336 e. The number of hydrogen-bond donors (Lipinski definition) is 2. The highest BCUT2D eigenvalue weighted by Gasteiger charge is 2.30. The van der Waals surface area contributed by atoms with Gasteiger partial charge in [-0.3, -0.25) is 0 Å². The number of nitrogens with two attached hydrogens (primary N) is 1. The highest BCUT2D eigenvalue weighted by Crippen LogP contribution is 2.26. The molecule has 2 aromatic heterocycles. The zero-order valence-corrected chi connectivity index (χ0v) is 17.7. The maximum atomic E-state index is 12.1. The molecule has 3 aromatic rings. The van der Waals surface area contributed by atoms with Gasteiger partial charge < -0.3 is 19.1 Å². The van der Waals surface area contributed by atoms with Crippen molar-refractivity contribution in [1.82, 2.24) is 0 Å². The second-order valence-electron chi connectivity index (χ2n) is 8.61. The molecule has 0 amide bonds. The molecule has 0 spiro atoms. The summed E-state index contributed by atoms with van der Waals surface area (Å²) in [6.07, 6.45) is 4.34. The summed E-state index contributed by atoms with van der Waals surface area (Å²) in [6.45, 7) is 10.6. The van der Waals surface area contributed by atoms with Gasteiger partial charge in [0.15, 0.2) is 11.8 Å². The first-order valence-electron chi connectivity index (χ1n) is 10.8. The van der Waals surface area contributed by atoms with Crippen molar-refractivity contribution in [3.8, 4) is 0 Å². The minimum absolute atomic E-state index is 0.273. The normalized spacial score (nSPS) is 16.1. The van der Waals surface area contributed by atoms with Crippen molar-refractivity contribution < 1.29 is 19.1 Å². The molecule has 154 valence electrons. The topological polar surface area (TPSA) is 64.4 Å². The molecule has 3 N–H and O–H groups in total. The highest BCUT2D eigenvalue weighted by atomic mass is 16.4. The van der Waals surface area contributed by atoms with Crippen LogP contribution >= 0.6 is 0 Å². The lowest BCUT2D eigenvalue weighted by Gasteiger charge is -2.21. The van der Waals surface area contributed by atoms with Crippen molar-refractivity contribution in [3.05, 3.63) is 69.5 Å². The van der Waals surface area contributed by atoms with Gasteiger partial charge in [-0.15, -0.1) is 0 Å². The number of benzene rings is 1. The molecule has 0 bridgehead atoms. The fourth-order valence-electron chi connectivity index (χ4n) is 4.74. The number of furan rings is 1. The minimum atomic E-state index is -0.273. The van der Waals surface area contributed by atoms with Gasteiger partial charge in [0, 0.05) is 29.9 Å². The van der Waals surface area contributed by atoms with Crippen molar-refractivity contribution in [2.45, 2.75) is 52.1 Å². The van der Waals surface area contributed by atoms with Gasteiger partial charge in [0.25, 0.3) is 0 Å². The molecular formula is C24H32N2O3+2. The summed E-state index contributed by atoms with van der Waals surface area (Å²) in [7, 11) is 0. The van der Waals surface area contributed by atoms with Crippen LogP contribution in [0, 0.1) is 6.92 Å². The van der Waals surface area contributed by atoms with E-state index in [9.17, 15) is 4.79 Å². The molecule has 0 unspecified atom stereocenters. The van der Waals surface area contributed by atoms with Crippen LogP contribution in [0.5, 0.6) is 0 Å². The second-order valence-corrected chi connectivity index (χ2v) is 8.61. The molecule has 4 rings (SSSR count). The van der Waals surface area contributed by atoms with E-state index in [1.54, 1.807) is 17.2 Å². The monoisotopic (exact) mass is 396 g/mol. The Kier molecular flexibility index (Phi) is 5.88. The van der Waals surface area contributed by atoms with Crippen LogP contribution in [0.3, 0.4) is 0 Å². The summed E-state index contributed by atoms with van der Waals surface area (Å²) in [5.74, 6) is 1.50. The maximum Gasteiger partial charge on any atom is 0.336 e. The quantitative estimate of drug-likeness (QED) is 0.603. The Bertz CT molecular complexity index is 1010. The van der Waals surface area contributed by atoms with Gasteiger partial charge in [-0.1, -0.05) is 13.8 Å². The average Bonchev–Trinajstić information content (AvgIpc) is 3.38. The first-order valence-corrected chi connectivity index (χ1v) is 10.8.